The lowest BCUT2D eigenvalue weighted by Crippen LogP contribution is -1.88. The molecule has 21 heavy (non-hydrogen) atoms. The Morgan fingerprint density at radius 3 is 2.52 bits per heavy atom. The van der Waals surface area contributed by atoms with Crippen molar-refractivity contribution < 1.29 is 9.50 Å². The highest BCUT2D eigenvalue weighted by atomic mass is 19.1. The van der Waals surface area contributed by atoms with Gasteiger partial charge in [-0.3, -0.25) is 4.99 Å². The molecule has 1 N–H and O–H groups in total. The molecular weight excluding hydrogens is 265 g/mol. The number of benzene rings is 3. The summed E-state index contributed by atoms with van der Waals surface area (Å²) >= 11 is 0. The molecule has 3 rings (SSSR count). The minimum atomic E-state index is -0.255. The third-order valence-electron chi connectivity index (χ3n) is 3.36. The van der Waals surface area contributed by atoms with Gasteiger partial charge in [0.1, 0.15) is 11.6 Å². The number of phenolic OH excluding ortho intramolecular Hbond substituents is 1. The van der Waals surface area contributed by atoms with Crippen LogP contribution in [0.5, 0.6) is 5.75 Å². The first-order chi connectivity index (χ1) is 10.2. The molecule has 3 aromatic rings. The van der Waals surface area contributed by atoms with Gasteiger partial charge in [0.15, 0.2) is 0 Å². The maximum absolute atomic E-state index is 12.8. The SMILES string of the molecule is Oc1ccc2ccccc2c1C=NCc1ccc(F)cc1. The molecule has 2 nitrogen and oxygen atoms in total. The third kappa shape index (κ3) is 2.92. The minimum Gasteiger partial charge on any atom is -0.507 e. The minimum absolute atomic E-state index is 0.205. The molecule has 3 aromatic carbocycles. The molecule has 0 unspecified atom stereocenters. The molecule has 0 saturated heterocycles. The van der Waals surface area contributed by atoms with Crippen LogP contribution in [0.3, 0.4) is 0 Å². The number of halogens is 1. The van der Waals surface area contributed by atoms with E-state index in [4.69, 9.17) is 0 Å². The standard InChI is InChI=1S/C18H14FNO/c19-15-8-5-13(6-9-15)11-20-12-17-16-4-2-1-3-14(16)7-10-18(17)21/h1-10,12,21H,11H2. The number of aromatic hydroxyl groups is 1. The van der Waals surface area contributed by atoms with Crippen LogP contribution in [0.4, 0.5) is 4.39 Å². The van der Waals surface area contributed by atoms with Crippen LogP contribution < -0.4 is 0 Å². The first kappa shape index (κ1) is 13.3. The summed E-state index contributed by atoms with van der Waals surface area (Å²) in [6.07, 6.45) is 1.67. The Balaban J connectivity index is 1.89. The lowest BCUT2D eigenvalue weighted by Gasteiger charge is -2.04. The predicted molar refractivity (Wildman–Crippen MR) is 83.3 cm³/mol. The van der Waals surface area contributed by atoms with E-state index in [1.54, 1.807) is 24.4 Å². The highest BCUT2D eigenvalue weighted by Gasteiger charge is 2.03. The molecular formula is C18H14FNO. The van der Waals surface area contributed by atoms with Crippen LogP contribution in [-0.4, -0.2) is 11.3 Å². The van der Waals surface area contributed by atoms with Gasteiger partial charge in [0, 0.05) is 11.8 Å². The molecule has 0 heterocycles. The van der Waals surface area contributed by atoms with E-state index in [0.29, 0.717) is 12.1 Å². The van der Waals surface area contributed by atoms with Crippen molar-refractivity contribution in [3.8, 4) is 5.75 Å². The number of hydrogen-bond acceptors (Lipinski definition) is 2. The Bertz CT molecular complexity index is 794. The number of fused-ring (bicyclic) bond motifs is 1. The molecule has 0 fully saturated rings. The molecule has 3 heteroatoms. The van der Waals surface area contributed by atoms with Gasteiger partial charge in [0.25, 0.3) is 0 Å². The van der Waals surface area contributed by atoms with E-state index < -0.39 is 0 Å². The largest absolute Gasteiger partial charge is 0.507 e. The monoisotopic (exact) mass is 279 g/mol. The quantitative estimate of drug-likeness (QED) is 0.712. The van der Waals surface area contributed by atoms with Crippen LogP contribution in [-0.2, 0) is 6.54 Å². The second-order valence-corrected chi connectivity index (χ2v) is 4.82. The van der Waals surface area contributed by atoms with Crippen LogP contribution in [0, 0.1) is 5.82 Å². The summed E-state index contributed by atoms with van der Waals surface area (Å²) in [5.74, 6) is -0.0500. The Labute approximate surface area is 122 Å². The predicted octanol–water partition coefficient (Wildman–Crippen LogP) is 4.30. The zero-order valence-electron chi connectivity index (χ0n) is 11.3. The normalized spacial score (nSPS) is 11.3. The molecule has 0 radical (unpaired) electrons. The summed E-state index contributed by atoms with van der Waals surface area (Å²) in [6, 6.07) is 17.6. The van der Waals surface area contributed by atoms with Gasteiger partial charge >= 0.3 is 0 Å². The average Bonchev–Trinajstić information content (AvgIpc) is 2.51. The van der Waals surface area contributed by atoms with Gasteiger partial charge in [-0.15, -0.1) is 0 Å². The topological polar surface area (TPSA) is 32.6 Å². The van der Waals surface area contributed by atoms with E-state index in [-0.39, 0.29) is 11.6 Å². The lowest BCUT2D eigenvalue weighted by atomic mass is 10.0. The van der Waals surface area contributed by atoms with E-state index in [2.05, 4.69) is 4.99 Å². The van der Waals surface area contributed by atoms with E-state index in [1.165, 1.54) is 12.1 Å². The summed E-state index contributed by atoms with van der Waals surface area (Å²) in [5.41, 5.74) is 1.63. The second kappa shape index (κ2) is 5.75. The fourth-order valence-corrected chi connectivity index (χ4v) is 2.25. The van der Waals surface area contributed by atoms with E-state index in [1.807, 2.05) is 30.3 Å². The van der Waals surface area contributed by atoms with Crippen molar-refractivity contribution in [1.82, 2.24) is 0 Å². The zero-order valence-corrected chi connectivity index (χ0v) is 11.3. The highest BCUT2D eigenvalue weighted by molar-refractivity contribution is 6.02. The summed E-state index contributed by atoms with van der Waals surface area (Å²) in [7, 11) is 0. The molecule has 0 aliphatic heterocycles. The number of aliphatic imine (C=N–C) groups is 1. The number of nitrogens with zero attached hydrogens (tertiary/aromatic N) is 1. The summed E-state index contributed by atoms with van der Waals surface area (Å²) in [5, 5.41) is 12.0. The van der Waals surface area contributed by atoms with Crippen LogP contribution >= 0.6 is 0 Å². The average molecular weight is 279 g/mol. The molecule has 0 atom stereocenters. The van der Waals surface area contributed by atoms with Crippen molar-refractivity contribution >= 4 is 17.0 Å². The van der Waals surface area contributed by atoms with Gasteiger partial charge in [-0.05, 0) is 34.5 Å². The third-order valence-corrected chi connectivity index (χ3v) is 3.36. The van der Waals surface area contributed by atoms with Crippen LogP contribution in [0.2, 0.25) is 0 Å². The van der Waals surface area contributed by atoms with Gasteiger partial charge in [-0.25, -0.2) is 4.39 Å². The van der Waals surface area contributed by atoms with Crippen LogP contribution in [0.1, 0.15) is 11.1 Å². The molecule has 0 amide bonds. The molecule has 104 valence electrons. The van der Waals surface area contributed by atoms with Gasteiger partial charge in [0.05, 0.1) is 6.54 Å². The maximum atomic E-state index is 12.8. The molecule has 0 aromatic heterocycles. The first-order valence-electron chi connectivity index (χ1n) is 6.69. The Hall–Kier alpha value is -2.68. The molecule has 0 saturated carbocycles. The summed E-state index contributed by atoms with van der Waals surface area (Å²) in [6.45, 7) is 0.447. The highest BCUT2D eigenvalue weighted by Crippen LogP contribution is 2.25. The fourth-order valence-electron chi connectivity index (χ4n) is 2.25. The Kier molecular flexibility index (Phi) is 3.65. The van der Waals surface area contributed by atoms with E-state index in [9.17, 15) is 9.50 Å². The van der Waals surface area contributed by atoms with E-state index in [0.717, 1.165) is 16.3 Å². The number of phenols is 1. The Morgan fingerprint density at radius 1 is 0.952 bits per heavy atom. The van der Waals surface area contributed by atoms with Gasteiger partial charge < -0.3 is 5.11 Å². The molecule has 0 aliphatic carbocycles. The van der Waals surface area contributed by atoms with E-state index >= 15 is 0 Å². The van der Waals surface area contributed by atoms with Crippen LogP contribution in [0.15, 0.2) is 65.7 Å². The maximum Gasteiger partial charge on any atom is 0.124 e. The van der Waals surface area contributed by atoms with Crippen molar-refractivity contribution in [2.75, 3.05) is 0 Å². The van der Waals surface area contributed by atoms with Crippen molar-refractivity contribution in [3.05, 3.63) is 77.6 Å². The summed E-state index contributed by atoms with van der Waals surface area (Å²) < 4.78 is 12.8. The van der Waals surface area contributed by atoms with Crippen LogP contribution in [0.25, 0.3) is 10.8 Å². The molecule has 0 spiro atoms. The van der Waals surface area contributed by atoms with Crippen molar-refractivity contribution in [3.63, 3.8) is 0 Å². The van der Waals surface area contributed by atoms with Gasteiger partial charge in [0.2, 0.25) is 0 Å². The first-order valence-corrected chi connectivity index (χ1v) is 6.69. The summed E-state index contributed by atoms with van der Waals surface area (Å²) in [4.78, 5) is 4.35. The van der Waals surface area contributed by atoms with Crippen molar-refractivity contribution in [2.45, 2.75) is 6.54 Å². The Morgan fingerprint density at radius 2 is 1.71 bits per heavy atom. The van der Waals surface area contributed by atoms with Crippen molar-refractivity contribution in [2.24, 2.45) is 4.99 Å². The second-order valence-electron chi connectivity index (χ2n) is 4.82. The smallest absolute Gasteiger partial charge is 0.124 e. The zero-order chi connectivity index (χ0) is 14.7. The number of rotatable bonds is 3. The van der Waals surface area contributed by atoms with Crippen molar-refractivity contribution in [1.29, 1.82) is 0 Å². The molecule has 0 aliphatic rings. The molecule has 0 bridgehead atoms. The number of hydrogen-bond donors (Lipinski definition) is 1. The lowest BCUT2D eigenvalue weighted by molar-refractivity contribution is 0.475. The van der Waals surface area contributed by atoms with Gasteiger partial charge in [-0.2, -0.15) is 0 Å². The van der Waals surface area contributed by atoms with Gasteiger partial charge in [-0.1, -0.05) is 42.5 Å². The fraction of sp³-hybridized carbons (Fsp3) is 0.0556.